The van der Waals surface area contributed by atoms with Crippen LogP contribution in [-0.4, -0.2) is 36.2 Å². The van der Waals surface area contributed by atoms with E-state index in [9.17, 15) is 9.59 Å². The SMILES string of the molecule is Cc1c(C(=O)N(C)CCC(N)C(C)C)oc2c1C(=O)CCC2.Cl. The van der Waals surface area contributed by atoms with Gasteiger partial charge in [0.2, 0.25) is 0 Å². The van der Waals surface area contributed by atoms with Crippen LogP contribution in [0.2, 0.25) is 0 Å². The number of halogens is 1. The Morgan fingerprint density at radius 2 is 2.00 bits per heavy atom. The van der Waals surface area contributed by atoms with Crippen LogP contribution in [0.15, 0.2) is 4.42 Å². The van der Waals surface area contributed by atoms with E-state index < -0.39 is 0 Å². The molecule has 1 amide bonds. The predicted octanol–water partition coefficient (Wildman–Crippen LogP) is 2.97. The molecule has 0 radical (unpaired) electrons. The summed E-state index contributed by atoms with van der Waals surface area (Å²) < 4.78 is 5.70. The number of hydrogen-bond acceptors (Lipinski definition) is 4. The lowest BCUT2D eigenvalue weighted by atomic mass is 9.94. The van der Waals surface area contributed by atoms with E-state index in [-0.39, 0.29) is 30.1 Å². The van der Waals surface area contributed by atoms with E-state index >= 15 is 0 Å². The number of furan rings is 1. The van der Waals surface area contributed by atoms with Gasteiger partial charge in [0.25, 0.3) is 5.91 Å². The molecule has 0 saturated heterocycles. The third kappa shape index (κ3) is 4.15. The molecular weight excluding hydrogens is 316 g/mol. The van der Waals surface area contributed by atoms with Gasteiger partial charge in [-0.15, -0.1) is 12.4 Å². The van der Waals surface area contributed by atoms with Crippen molar-refractivity contribution in [2.75, 3.05) is 13.6 Å². The normalized spacial score (nSPS) is 15.1. The van der Waals surface area contributed by atoms with Crippen molar-refractivity contribution in [2.45, 2.75) is 52.5 Å². The Bertz CT molecular complexity index is 581. The highest BCUT2D eigenvalue weighted by Crippen LogP contribution is 2.29. The fourth-order valence-electron chi connectivity index (χ4n) is 2.80. The van der Waals surface area contributed by atoms with Crippen molar-refractivity contribution < 1.29 is 14.0 Å². The lowest BCUT2D eigenvalue weighted by molar-refractivity contribution is 0.0754. The van der Waals surface area contributed by atoms with Crippen LogP contribution in [0.1, 0.15) is 65.3 Å². The number of carbonyl (C=O) groups is 2. The van der Waals surface area contributed by atoms with E-state index in [1.165, 1.54) is 0 Å². The number of hydrogen-bond donors (Lipinski definition) is 1. The maximum absolute atomic E-state index is 12.6. The molecule has 2 rings (SSSR count). The number of carbonyl (C=O) groups excluding carboxylic acids is 2. The Balaban J connectivity index is 0.00000264. The first-order valence-electron chi connectivity index (χ1n) is 7.99. The minimum Gasteiger partial charge on any atom is -0.455 e. The minimum atomic E-state index is -0.171. The van der Waals surface area contributed by atoms with Gasteiger partial charge < -0.3 is 15.1 Å². The van der Waals surface area contributed by atoms with Gasteiger partial charge in [-0.2, -0.15) is 0 Å². The van der Waals surface area contributed by atoms with Gasteiger partial charge in [0, 0.05) is 38.0 Å². The summed E-state index contributed by atoms with van der Waals surface area (Å²) in [6.07, 6.45) is 2.82. The minimum absolute atomic E-state index is 0. The molecule has 0 bridgehead atoms. The highest BCUT2D eigenvalue weighted by Gasteiger charge is 2.30. The van der Waals surface area contributed by atoms with Crippen LogP contribution in [0.4, 0.5) is 0 Å². The fraction of sp³-hybridized carbons (Fsp3) is 0.647. The quantitative estimate of drug-likeness (QED) is 0.892. The zero-order chi connectivity index (χ0) is 16.4. The first kappa shape index (κ1) is 19.7. The van der Waals surface area contributed by atoms with E-state index in [1.54, 1.807) is 18.9 Å². The summed E-state index contributed by atoms with van der Waals surface area (Å²) in [4.78, 5) is 26.2. The van der Waals surface area contributed by atoms with Gasteiger partial charge in [0.15, 0.2) is 11.5 Å². The Labute approximate surface area is 144 Å². The number of fused-ring (bicyclic) bond motifs is 1. The molecule has 0 aromatic carbocycles. The van der Waals surface area contributed by atoms with E-state index in [2.05, 4.69) is 13.8 Å². The van der Waals surface area contributed by atoms with Gasteiger partial charge in [-0.3, -0.25) is 9.59 Å². The van der Waals surface area contributed by atoms with Crippen molar-refractivity contribution in [1.29, 1.82) is 0 Å². The van der Waals surface area contributed by atoms with Gasteiger partial charge in [-0.05, 0) is 25.7 Å². The van der Waals surface area contributed by atoms with E-state index in [0.717, 1.165) is 19.3 Å². The number of ketones is 1. The average Bonchev–Trinajstić information content (AvgIpc) is 2.81. The first-order valence-corrected chi connectivity index (χ1v) is 7.99. The molecule has 1 aromatic rings. The van der Waals surface area contributed by atoms with Crippen molar-refractivity contribution in [3.05, 3.63) is 22.6 Å². The zero-order valence-corrected chi connectivity index (χ0v) is 15.2. The Morgan fingerprint density at radius 3 is 2.57 bits per heavy atom. The predicted molar refractivity (Wildman–Crippen MR) is 92.4 cm³/mol. The monoisotopic (exact) mass is 342 g/mol. The topological polar surface area (TPSA) is 76.5 Å². The van der Waals surface area contributed by atoms with Crippen molar-refractivity contribution in [2.24, 2.45) is 11.7 Å². The molecule has 1 unspecified atom stereocenters. The number of rotatable bonds is 5. The number of nitrogens with zero attached hydrogens (tertiary/aromatic N) is 1. The fourth-order valence-corrected chi connectivity index (χ4v) is 2.80. The van der Waals surface area contributed by atoms with Crippen molar-refractivity contribution >= 4 is 24.1 Å². The highest BCUT2D eigenvalue weighted by molar-refractivity contribution is 6.03. The number of aryl methyl sites for hydroxylation is 1. The van der Waals surface area contributed by atoms with Crippen LogP contribution in [0.5, 0.6) is 0 Å². The third-order valence-electron chi connectivity index (χ3n) is 4.50. The zero-order valence-electron chi connectivity index (χ0n) is 14.3. The Hall–Kier alpha value is -1.33. The molecule has 5 nitrogen and oxygen atoms in total. The highest BCUT2D eigenvalue weighted by atomic mass is 35.5. The molecule has 1 heterocycles. The Morgan fingerprint density at radius 1 is 1.35 bits per heavy atom. The maximum Gasteiger partial charge on any atom is 0.289 e. The second-order valence-electron chi connectivity index (χ2n) is 6.55. The molecule has 130 valence electrons. The van der Waals surface area contributed by atoms with Crippen LogP contribution in [0.3, 0.4) is 0 Å². The maximum atomic E-state index is 12.6. The second kappa shape index (κ2) is 7.97. The van der Waals surface area contributed by atoms with E-state index in [1.807, 2.05) is 0 Å². The number of nitrogens with two attached hydrogens (primary N) is 1. The van der Waals surface area contributed by atoms with Crippen LogP contribution < -0.4 is 5.73 Å². The van der Waals surface area contributed by atoms with Gasteiger partial charge in [0.1, 0.15) is 5.76 Å². The summed E-state index contributed by atoms with van der Waals surface area (Å²) in [5.74, 6) is 1.28. The summed E-state index contributed by atoms with van der Waals surface area (Å²) in [7, 11) is 1.75. The molecule has 2 N–H and O–H groups in total. The van der Waals surface area contributed by atoms with Gasteiger partial charge in [-0.1, -0.05) is 13.8 Å². The standard InChI is InChI=1S/C17H26N2O3.ClH/c1-10(2)12(18)8-9-19(4)17(21)16-11(3)15-13(20)6-5-7-14(15)22-16;/h10,12H,5-9,18H2,1-4H3;1H. The largest absolute Gasteiger partial charge is 0.455 e. The molecule has 0 saturated carbocycles. The van der Waals surface area contributed by atoms with Crippen LogP contribution in [0, 0.1) is 12.8 Å². The molecule has 0 spiro atoms. The van der Waals surface area contributed by atoms with Crippen molar-refractivity contribution in [3.63, 3.8) is 0 Å². The summed E-state index contributed by atoms with van der Waals surface area (Å²) in [5, 5.41) is 0. The van der Waals surface area contributed by atoms with Crippen LogP contribution in [0.25, 0.3) is 0 Å². The second-order valence-corrected chi connectivity index (χ2v) is 6.55. The lowest BCUT2D eigenvalue weighted by Gasteiger charge is -2.21. The van der Waals surface area contributed by atoms with Crippen LogP contribution >= 0.6 is 12.4 Å². The molecule has 1 aliphatic rings. The molecule has 1 aromatic heterocycles. The van der Waals surface area contributed by atoms with E-state index in [0.29, 0.717) is 41.5 Å². The summed E-state index contributed by atoms with van der Waals surface area (Å²) >= 11 is 0. The molecule has 6 heteroatoms. The molecule has 1 aliphatic carbocycles. The molecule has 0 fully saturated rings. The lowest BCUT2D eigenvalue weighted by Crippen LogP contribution is -2.34. The number of Topliss-reactive ketones (excluding diaryl/α,β-unsaturated/α-hetero) is 1. The van der Waals surface area contributed by atoms with Crippen LogP contribution in [-0.2, 0) is 6.42 Å². The Kier molecular flexibility index (Phi) is 6.84. The average molecular weight is 343 g/mol. The smallest absolute Gasteiger partial charge is 0.289 e. The summed E-state index contributed by atoms with van der Waals surface area (Å²) in [6.45, 7) is 6.52. The molecule has 0 aliphatic heterocycles. The van der Waals surface area contributed by atoms with Gasteiger partial charge in [0.05, 0.1) is 5.56 Å². The molecule has 1 atom stereocenters. The summed E-state index contributed by atoms with van der Waals surface area (Å²) in [6, 6.07) is 0.0720. The van der Waals surface area contributed by atoms with Crippen molar-refractivity contribution in [1.82, 2.24) is 4.90 Å². The van der Waals surface area contributed by atoms with E-state index in [4.69, 9.17) is 10.2 Å². The molecular formula is C17H27ClN2O3. The first-order chi connectivity index (χ1) is 10.3. The van der Waals surface area contributed by atoms with Gasteiger partial charge >= 0.3 is 0 Å². The number of amides is 1. The summed E-state index contributed by atoms with van der Waals surface area (Å²) in [5.41, 5.74) is 7.34. The molecule has 23 heavy (non-hydrogen) atoms. The van der Waals surface area contributed by atoms with Crippen molar-refractivity contribution in [3.8, 4) is 0 Å². The third-order valence-corrected chi connectivity index (χ3v) is 4.50. The van der Waals surface area contributed by atoms with Gasteiger partial charge in [-0.25, -0.2) is 0 Å².